The minimum atomic E-state index is -0.373. The number of hydrogen-bond donors (Lipinski definition) is 0. The van der Waals surface area contributed by atoms with E-state index < -0.39 is 0 Å². The van der Waals surface area contributed by atoms with Crippen molar-refractivity contribution >= 4 is 0 Å². The van der Waals surface area contributed by atoms with Gasteiger partial charge in [-0.25, -0.2) is 4.39 Å². The number of hydrogen-bond acceptors (Lipinski definition) is 3. The summed E-state index contributed by atoms with van der Waals surface area (Å²) in [7, 11) is 0. The maximum atomic E-state index is 14.1. The van der Waals surface area contributed by atoms with Crippen molar-refractivity contribution in [2.75, 3.05) is 32.7 Å². The Morgan fingerprint density at radius 1 is 1.05 bits per heavy atom. The van der Waals surface area contributed by atoms with Crippen LogP contribution in [0.3, 0.4) is 0 Å². The molecule has 0 radical (unpaired) electrons. The molecule has 0 aliphatic carbocycles. The lowest BCUT2D eigenvalue weighted by molar-refractivity contribution is 0.236. The number of rotatable bonds is 9. The average Bonchev–Trinajstić information content (AvgIpc) is 2.52. The maximum Gasteiger partial charge on any atom is 0.145 e. The molecule has 0 N–H and O–H groups in total. The second-order valence-electron chi connectivity index (χ2n) is 5.14. The Morgan fingerprint density at radius 2 is 1.67 bits per heavy atom. The fourth-order valence-corrected chi connectivity index (χ4v) is 2.44. The van der Waals surface area contributed by atoms with Gasteiger partial charge in [-0.3, -0.25) is 4.90 Å². The van der Waals surface area contributed by atoms with E-state index in [-0.39, 0.29) is 11.4 Å². The zero-order chi connectivity index (χ0) is 15.7. The van der Waals surface area contributed by atoms with Gasteiger partial charge in [-0.1, -0.05) is 32.9 Å². The van der Waals surface area contributed by atoms with Crippen molar-refractivity contribution in [3.63, 3.8) is 0 Å². The molecular weight excluding hydrogens is 265 g/mol. The molecule has 0 aliphatic rings. The highest BCUT2D eigenvalue weighted by molar-refractivity contribution is 5.34. The molecule has 116 valence electrons. The van der Waals surface area contributed by atoms with E-state index in [0.29, 0.717) is 12.1 Å². The molecule has 1 aromatic rings. The van der Waals surface area contributed by atoms with Crippen LogP contribution in [0.25, 0.3) is 0 Å². The lowest BCUT2D eigenvalue weighted by Crippen LogP contribution is -2.30. The molecule has 0 aliphatic heterocycles. The highest BCUT2D eigenvalue weighted by atomic mass is 19.1. The number of nitriles is 1. The van der Waals surface area contributed by atoms with E-state index in [1.54, 1.807) is 12.1 Å². The van der Waals surface area contributed by atoms with E-state index in [2.05, 4.69) is 30.6 Å². The van der Waals surface area contributed by atoms with Crippen LogP contribution in [0.1, 0.15) is 38.3 Å². The quantitative estimate of drug-likeness (QED) is 0.699. The fraction of sp³-hybridized carbons (Fsp3) is 0.588. The Labute approximate surface area is 128 Å². The molecule has 0 bridgehead atoms. The van der Waals surface area contributed by atoms with Gasteiger partial charge >= 0.3 is 0 Å². The summed E-state index contributed by atoms with van der Waals surface area (Å²) in [6.07, 6.45) is 1.08. The van der Waals surface area contributed by atoms with Gasteiger partial charge in [0.05, 0.1) is 5.56 Å². The van der Waals surface area contributed by atoms with Gasteiger partial charge in [-0.15, -0.1) is 0 Å². The third-order valence-corrected chi connectivity index (χ3v) is 3.88. The van der Waals surface area contributed by atoms with Crippen molar-refractivity contribution in [2.24, 2.45) is 0 Å². The Kier molecular flexibility index (Phi) is 7.96. The van der Waals surface area contributed by atoms with E-state index in [0.717, 1.165) is 39.1 Å². The molecule has 3 nitrogen and oxygen atoms in total. The molecule has 0 unspecified atom stereocenters. The van der Waals surface area contributed by atoms with Crippen LogP contribution < -0.4 is 0 Å². The average molecular weight is 291 g/mol. The van der Waals surface area contributed by atoms with Crippen LogP contribution in [0.15, 0.2) is 18.2 Å². The van der Waals surface area contributed by atoms with Gasteiger partial charge in [0.2, 0.25) is 0 Å². The number of benzene rings is 1. The predicted molar refractivity (Wildman–Crippen MR) is 84.5 cm³/mol. The lowest BCUT2D eigenvalue weighted by atomic mass is 10.1. The fourth-order valence-electron chi connectivity index (χ4n) is 2.44. The molecule has 0 amide bonds. The third-order valence-electron chi connectivity index (χ3n) is 3.88. The SMILES string of the molecule is CCN(CC)CCCN(CC)Cc1cccc(C#N)c1F. The van der Waals surface area contributed by atoms with Crippen molar-refractivity contribution in [2.45, 2.75) is 33.7 Å². The highest BCUT2D eigenvalue weighted by Gasteiger charge is 2.11. The van der Waals surface area contributed by atoms with E-state index in [9.17, 15) is 4.39 Å². The number of halogens is 1. The summed E-state index contributed by atoms with van der Waals surface area (Å²) in [5.41, 5.74) is 0.741. The van der Waals surface area contributed by atoms with Crippen LogP contribution in [-0.2, 0) is 6.54 Å². The summed E-state index contributed by atoms with van der Waals surface area (Å²) >= 11 is 0. The van der Waals surface area contributed by atoms with Crippen LogP contribution in [0, 0.1) is 17.1 Å². The van der Waals surface area contributed by atoms with Gasteiger partial charge in [0.1, 0.15) is 11.9 Å². The summed E-state index contributed by atoms with van der Waals surface area (Å²) in [5, 5.41) is 8.88. The molecule has 0 saturated carbocycles. The molecule has 0 heterocycles. The minimum absolute atomic E-state index is 0.131. The first kappa shape index (κ1) is 17.6. The van der Waals surface area contributed by atoms with E-state index in [1.807, 2.05) is 6.07 Å². The van der Waals surface area contributed by atoms with Crippen molar-refractivity contribution in [1.82, 2.24) is 9.80 Å². The lowest BCUT2D eigenvalue weighted by Gasteiger charge is -2.23. The monoisotopic (exact) mass is 291 g/mol. The van der Waals surface area contributed by atoms with Gasteiger partial charge in [-0.05, 0) is 45.2 Å². The van der Waals surface area contributed by atoms with Crippen LogP contribution >= 0.6 is 0 Å². The Morgan fingerprint density at radius 3 is 2.24 bits per heavy atom. The minimum Gasteiger partial charge on any atom is -0.304 e. The third kappa shape index (κ3) is 5.45. The first-order valence-corrected chi connectivity index (χ1v) is 7.78. The van der Waals surface area contributed by atoms with Gasteiger partial charge in [-0.2, -0.15) is 5.26 Å². The molecule has 1 aromatic carbocycles. The number of nitrogens with zero attached hydrogens (tertiary/aromatic N) is 3. The van der Waals surface area contributed by atoms with E-state index in [1.165, 1.54) is 6.07 Å². The molecule has 0 fully saturated rings. The molecular formula is C17H26FN3. The van der Waals surface area contributed by atoms with E-state index >= 15 is 0 Å². The van der Waals surface area contributed by atoms with Gasteiger partial charge < -0.3 is 4.90 Å². The van der Waals surface area contributed by atoms with Crippen molar-refractivity contribution in [3.05, 3.63) is 35.1 Å². The van der Waals surface area contributed by atoms with Crippen molar-refractivity contribution < 1.29 is 4.39 Å². The predicted octanol–water partition coefficient (Wildman–Crippen LogP) is 3.25. The first-order chi connectivity index (χ1) is 10.2. The highest BCUT2D eigenvalue weighted by Crippen LogP contribution is 2.14. The standard InChI is InChI=1S/C17H26FN3/c1-4-20(5-2)11-8-12-21(6-3)14-16-10-7-9-15(13-19)17(16)18/h7,9-10H,4-6,8,11-12,14H2,1-3H3. The van der Waals surface area contributed by atoms with Crippen LogP contribution in [0.4, 0.5) is 4.39 Å². The maximum absolute atomic E-state index is 14.1. The van der Waals surface area contributed by atoms with E-state index in [4.69, 9.17) is 5.26 Å². The molecule has 21 heavy (non-hydrogen) atoms. The van der Waals surface area contributed by atoms with Crippen molar-refractivity contribution in [1.29, 1.82) is 5.26 Å². The van der Waals surface area contributed by atoms with Crippen molar-refractivity contribution in [3.8, 4) is 6.07 Å². The Hall–Kier alpha value is -1.44. The zero-order valence-corrected chi connectivity index (χ0v) is 13.4. The Bertz CT molecular complexity index is 464. The Balaban J connectivity index is 2.57. The largest absolute Gasteiger partial charge is 0.304 e. The summed E-state index contributed by atoms with van der Waals surface area (Å²) in [4.78, 5) is 4.62. The molecule has 0 saturated heterocycles. The zero-order valence-electron chi connectivity index (χ0n) is 13.4. The van der Waals surface area contributed by atoms with Gasteiger partial charge in [0, 0.05) is 12.1 Å². The van der Waals surface area contributed by atoms with Crippen LogP contribution in [0.5, 0.6) is 0 Å². The summed E-state index contributed by atoms with van der Waals surface area (Å²) in [5.74, 6) is -0.373. The molecule has 1 rings (SSSR count). The second kappa shape index (κ2) is 9.49. The first-order valence-electron chi connectivity index (χ1n) is 7.78. The molecule has 0 atom stereocenters. The molecule has 4 heteroatoms. The second-order valence-corrected chi connectivity index (χ2v) is 5.14. The van der Waals surface area contributed by atoms with Gasteiger partial charge in [0.25, 0.3) is 0 Å². The normalized spacial score (nSPS) is 11.1. The smallest absolute Gasteiger partial charge is 0.145 e. The summed E-state index contributed by atoms with van der Waals surface area (Å²) < 4.78 is 14.1. The summed E-state index contributed by atoms with van der Waals surface area (Å²) in [6, 6.07) is 6.94. The summed E-state index contributed by atoms with van der Waals surface area (Å²) in [6.45, 7) is 12.0. The van der Waals surface area contributed by atoms with Crippen LogP contribution in [-0.4, -0.2) is 42.5 Å². The van der Waals surface area contributed by atoms with Crippen LogP contribution in [0.2, 0.25) is 0 Å². The topological polar surface area (TPSA) is 30.3 Å². The molecule has 0 aromatic heterocycles. The molecule has 0 spiro atoms. The van der Waals surface area contributed by atoms with Gasteiger partial charge in [0.15, 0.2) is 0 Å².